The van der Waals surface area contributed by atoms with Gasteiger partial charge in [0.05, 0.1) is 11.3 Å². The van der Waals surface area contributed by atoms with Crippen molar-refractivity contribution >= 4 is 23.1 Å². The standard InChI is InChI=1S/C22H23FN6O/c23-18-11-17(4-3-16(18)12-24)28-8-6-27(7-9-28)14-15-10-19-21(25-13-15)29-5-1-2-20(29)22(30)26-19/h3-4,10-11,13,20H,1-2,5-9,14H2,(H,26,30)/t20-/m0/s1. The molecule has 1 atom stereocenters. The lowest BCUT2D eigenvalue weighted by atomic mass is 10.1. The Morgan fingerprint density at radius 1 is 1.20 bits per heavy atom. The Bertz CT molecular complexity index is 1030. The van der Waals surface area contributed by atoms with Gasteiger partial charge in [-0.1, -0.05) is 0 Å². The lowest BCUT2D eigenvalue weighted by Gasteiger charge is -2.36. The van der Waals surface area contributed by atoms with Gasteiger partial charge in [0.2, 0.25) is 5.91 Å². The van der Waals surface area contributed by atoms with Crippen LogP contribution < -0.4 is 15.1 Å². The van der Waals surface area contributed by atoms with Crippen molar-refractivity contribution in [2.45, 2.75) is 25.4 Å². The van der Waals surface area contributed by atoms with Crippen molar-refractivity contribution in [1.82, 2.24) is 9.88 Å². The van der Waals surface area contributed by atoms with Crippen LogP contribution in [0.5, 0.6) is 0 Å². The number of carbonyl (C=O) groups excluding carboxylic acids is 1. The van der Waals surface area contributed by atoms with E-state index in [0.29, 0.717) is 0 Å². The van der Waals surface area contributed by atoms with Crippen LogP contribution in [0.25, 0.3) is 0 Å². The third kappa shape index (κ3) is 3.35. The molecule has 5 rings (SSSR count). The molecule has 0 aliphatic carbocycles. The average Bonchev–Trinajstić information content (AvgIpc) is 3.25. The van der Waals surface area contributed by atoms with E-state index in [1.54, 1.807) is 6.07 Å². The number of carbonyl (C=O) groups is 1. The number of benzene rings is 1. The van der Waals surface area contributed by atoms with E-state index < -0.39 is 5.82 Å². The summed E-state index contributed by atoms with van der Waals surface area (Å²) in [6.45, 7) is 4.91. The summed E-state index contributed by atoms with van der Waals surface area (Å²) in [5.74, 6) is 0.482. The molecule has 0 unspecified atom stereocenters. The fourth-order valence-electron chi connectivity index (χ4n) is 4.63. The number of nitrogens with one attached hydrogen (secondary N) is 1. The van der Waals surface area contributed by atoms with Crippen LogP contribution in [0, 0.1) is 17.1 Å². The smallest absolute Gasteiger partial charge is 0.247 e. The molecule has 2 aromatic rings. The van der Waals surface area contributed by atoms with Gasteiger partial charge in [0.1, 0.15) is 17.9 Å². The molecule has 4 heterocycles. The van der Waals surface area contributed by atoms with Crippen LogP contribution in [-0.2, 0) is 11.3 Å². The van der Waals surface area contributed by atoms with Crippen molar-refractivity contribution in [2.75, 3.05) is 47.8 Å². The highest BCUT2D eigenvalue weighted by atomic mass is 19.1. The number of nitrogens with zero attached hydrogens (tertiary/aromatic N) is 5. The number of anilines is 3. The largest absolute Gasteiger partial charge is 0.369 e. The molecular weight excluding hydrogens is 383 g/mol. The minimum absolute atomic E-state index is 0.0715. The predicted molar refractivity (Wildman–Crippen MR) is 112 cm³/mol. The van der Waals surface area contributed by atoms with Crippen molar-refractivity contribution in [3.05, 3.63) is 47.4 Å². The van der Waals surface area contributed by atoms with Gasteiger partial charge in [-0.3, -0.25) is 9.69 Å². The van der Waals surface area contributed by atoms with Crippen LogP contribution in [0.4, 0.5) is 21.6 Å². The molecule has 0 spiro atoms. The van der Waals surface area contributed by atoms with Crippen LogP contribution in [0.15, 0.2) is 30.5 Å². The highest BCUT2D eigenvalue weighted by Crippen LogP contribution is 2.35. The van der Waals surface area contributed by atoms with E-state index in [1.807, 2.05) is 18.3 Å². The van der Waals surface area contributed by atoms with E-state index in [1.165, 1.54) is 12.1 Å². The molecule has 0 bridgehead atoms. The Balaban J connectivity index is 1.23. The third-order valence-corrected chi connectivity index (χ3v) is 6.23. The molecule has 3 aliphatic rings. The number of piperazine rings is 1. The lowest BCUT2D eigenvalue weighted by Crippen LogP contribution is -2.46. The normalized spacial score (nSPS) is 21.1. The quantitative estimate of drug-likeness (QED) is 0.843. The van der Waals surface area contributed by atoms with Crippen LogP contribution in [0.2, 0.25) is 0 Å². The maximum Gasteiger partial charge on any atom is 0.247 e. The number of hydrogen-bond acceptors (Lipinski definition) is 6. The Morgan fingerprint density at radius 2 is 2.03 bits per heavy atom. The van der Waals surface area contributed by atoms with Crippen molar-refractivity contribution in [1.29, 1.82) is 5.26 Å². The maximum atomic E-state index is 13.9. The number of hydrogen-bond donors (Lipinski definition) is 1. The molecule has 1 N–H and O–H groups in total. The van der Waals surface area contributed by atoms with Gasteiger partial charge in [-0.15, -0.1) is 0 Å². The van der Waals surface area contributed by atoms with Crippen molar-refractivity contribution < 1.29 is 9.18 Å². The van der Waals surface area contributed by atoms with Gasteiger partial charge in [-0.05, 0) is 42.7 Å². The first-order chi connectivity index (χ1) is 14.6. The predicted octanol–water partition coefficient (Wildman–Crippen LogP) is 2.34. The molecule has 154 valence electrons. The van der Waals surface area contributed by atoms with Crippen LogP contribution in [0.1, 0.15) is 24.0 Å². The zero-order valence-corrected chi connectivity index (χ0v) is 16.6. The van der Waals surface area contributed by atoms with Crippen LogP contribution >= 0.6 is 0 Å². The zero-order chi connectivity index (χ0) is 20.7. The summed E-state index contributed by atoms with van der Waals surface area (Å²) in [5.41, 5.74) is 2.76. The second-order valence-electron chi connectivity index (χ2n) is 8.09. The number of pyridine rings is 1. The minimum atomic E-state index is -0.472. The first-order valence-electron chi connectivity index (χ1n) is 10.4. The first kappa shape index (κ1) is 18.8. The molecule has 0 radical (unpaired) electrons. The third-order valence-electron chi connectivity index (χ3n) is 6.23. The van der Waals surface area contributed by atoms with E-state index in [-0.39, 0.29) is 17.5 Å². The molecule has 0 saturated carbocycles. The number of halogens is 1. The Morgan fingerprint density at radius 3 is 2.80 bits per heavy atom. The molecule has 1 aromatic carbocycles. The van der Waals surface area contributed by atoms with E-state index >= 15 is 0 Å². The van der Waals surface area contributed by atoms with Crippen LogP contribution in [-0.4, -0.2) is 54.6 Å². The van der Waals surface area contributed by atoms with Gasteiger partial charge in [0.25, 0.3) is 0 Å². The van der Waals surface area contributed by atoms with Crippen LogP contribution in [0.3, 0.4) is 0 Å². The van der Waals surface area contributed by atoms with Crippen molar-refractivity contribution in [3.8, 4) is 6.07 Å². The number of amides is 1. The summed E-state index contributed by atoms with van der Waals surface area (Å²) in [5, 5.41) is 11.9. The molecule has 8 heteroatoms. The summed E-state index contributed by atoms with van der Waals surface area (Å²) in [6, 6.07) is 8.61. The fraction of sp³-hybridized carbons (Fsp3) is 0.409. The monoisotopic (exact) mass is 406 g/mol. The van der Waals surface area contributed by atoms with Crippen molar-refractivity contribution in [3.63, 3.8) is 0 Å². The number of rotatable bonds is 3. The van der Waals surface area contributed by atoms with Gasteiger partial charge >= 0.3 is 0 Å². The fourth-order valence-corrected chi connectivity index (χ4v) is 4.63. The zero-order valence-electron chi connectivity index (χ0n) is 16.6. The average molecular weight is 406 g/mol. The number of nitriles is 1. The minimum Gasteiger partial charge on any atom is -0.369 e. The summed E-state index contributed by atoms with van der Waals surface area (Å²) >= 11 is 0. The van der Waals surface area contributed by atoms with Gasteiger partial charge in [0, 0.05) is 51.2 Å². The summed E-state index contributed by atoms with van der Waals surface area (Å²) in [6.07, 6.45) is 3.82. The van der Waals surface area contributed by atoms with E-state index in [4.69, 9.17) is 5.26 Å². The molecule has 3 aliphatic heterocycles. The topological polar surface area (TPSA) is 75.5 Å². The molecular formula is C22H23FN6O. The van der Waals surface area contributed by atoms with Gasteiger partial charge < -0.3 is 15.1 Å². The van der Waals surface area contributed by atoms with Gasteiger partial charge in [-0.2, -0.15) is 5.26 Å². The van der Waals surface area contributed by atoms with Gasteiger partial charge in [-0.25, -0.2) is 9.37 Å². The highest BCUT2D eigenvalue weighted by Gasteiger charge is 2.37. The highest BCUT2D eigenvalue weighted by molar-refractivity contribution is 6.03. The summed E-state index contributed by atoms with van der Waals surface area (Å²) in [7, 11) is 0. The maximum absolute atomic E-state index is 13.9. The Hall–Kier alpha value is -3.18. The molecule has 7 nitrogen and oxygen atoms in total. The van der Waals surface area contributed by atoms with E-state index in [0.717, 1.165) is 74.9 Å². The SMILES string of the molecule is N#Cc1ccc(N2CCN(Cc3cnc4c(c3)NC(=O)[C@@H]3CCCN43)CC2)cc1F. The molecule has 30 heavy (non-hydrogen) atoms. The second kappa shape index (κ2) is 7.58. The summed E-state index contributed by atoms with van der Waals surface area (Å²) < 4.78 is 13.9. The molecule has 2 fully saturated rings. The number of fused-ring (bicyclic) bond motifs is 3. The lowest BCUT2D eigenvalue weighted by molar-refractivity contribution is -0.117. The van der Waals surface area contributed by atoms with Gasteiger partial charge in [0.15, 0.2) is 5.82 Å². The molecule has 1 aromatic heterocycles. The first-order valence-corrected chi connectivity index (χ1v) is 10.4. The Kier molecular flexibility index (Phi) is 4.75. The summed E-state index contributed by atoms with van der Waals surface area (Å²) in [4.78, 5) is 23.6. The Labute approximate surface area is 174 Å². The molecule has 1 amide bonds. The molecule has 2 saturated heterocycles. The van der Waals surface area contributed by atoms with E-state index in [2.05, 4.69) is 25.0 Å². The second-order valence-corrected chi connectivity index (χ2v) is 8.09. The van der Waals surface area contributed by atoms with Crippen molar-refractivity contribution in [2.24, 2.45) is 0 Å². The van der Waals surface area contributed by atoms with E-state index in [9.17, 15) is 9.18 Å². The number of aromatic nitrogens is 1.